The quantitative estimate of drug-likeness (QED) is 0.373. The predicted octanol–water partition coefficient (Wildman–Crippen LogP) is 11.1. The van der Waals surface area contributed by atoms with Crippen LogP contribution in [-0.4, -0.2) is 0 Å². The van der Waals surface area contributed by atoms with Crippen molar-refractivity contribution in [2.75, 3.05) is 0 Å². The lowest BCUT2D eigenvalue weighted by molar-refractivity contribution is 0.0187. The maximum absolute atomic E-state index is 2.61. The van der Waals surface area contributed by atoms with Gasteiger partial charge in [-0.3, -0.25) is 0 Å². The molecule has 5 saturated carbocycles. The molecule has 0 heterocycles. The maximum atomic E-state index is 2.61. The lowest BCUT2D eigenvalue weighted by atomic mass is 9.57. The zero-order valence-electron chi connectivity index (χ0n) is 24.4. The second-order valence-corrected chi connectivity index (χ2v) is 15.6. The van der Waals surface area contributed by atoms with Crippen molar-refractivity contribution >= 4 is 0 Å². The van der Waals surface area contributed by atoms with Gasteiger partial charge in [0.15, 0.2) is 0 Å². The summed E-state index contributed by atoms with van der Waals surface area (Å²) in [5.41, 5.74) is 0.582. The first-order chi connectivity index (χ1) is 17.0. The SMILES string of the molecule is CCC1CCC(C2CCC(C3CCCC(C)(C)CCC4C(CCC5CCCCC54)C3)C2)C(CC)C1. The predicted molar refractivity (Wildman–Crippen MR) is 152 cm³/mol. The molecule has 0 saturated heterocycles. The Morgan fingerprint density at radius 1 is 0.486 bits per heavy atom. The van der Waals surface area contributed by atoms with E-state index in [4.69, 9.17) is 0 Å². The van der Waals surface area contributed by atoms with Crippen molar-refractivity contribution in [3.8, 4) is 0 Å². The highest BCUT2D eigenvalue weighted by atomic mass is 14.5. The van der Waals surface area contributed by atoms with Gasteiger partial charge >= 0.3 is 0 Å². The molecule has 0 aromatic heterocycles. The van der Waals surface area contributed by atoms with Gasteiger partial charge in [-0.1, -0.05) is 79.1 Å². The smallest absolute Gasteiger partial charge is 0.0354 e. The van der Waals surface area contributed by atoms with Crippen LogP contribution in [-0.2, 0) is 0 Å². The topological polar surface area (TPSA) is 0 Å². The fourth-order valence-electron chi connectivity index (χ4n) is 11.1. The molecule has 10 atom stereocenters. The van der Waals surface area contributed by atoms with E-state index >= 15 is 0 Å². The molecule has 0 aromatic carbocycles. The minimum absolute atomic E-state index is 0.582. The van der Waals surface area contributed by atoms with Crippen LogP contribution in [0.1, 0.15) is 156 Å². The van der Waals surface area contributed by atoms with Gasteiger partial charge in [-0.05, 0) is 142 Å². The van der Waals surface area contributed by atoms with Crippen molar-refractivity contribution < 1.29 is 0 Å². The van der Waals surface area contributed by atoms with E-state index in [1.165, 1.54) is 38.5 Å². The fraction of sp³-hybridized carbons (Fsp3) is 1.00. The highest BCUT2D eigenvalue weighted by molar-refractivity contribution is 4.95. The summed E-state index contributed by atoms with van der Waals surface area (Å²) in [6.07, 6.45) is 31.1. The molecular weight excluding hydrogens is 420 g/mol. The van der Waals surface area contributed by atoms with E-state index in [-0.39, 0.29) is 0 Å². The summed E-state index contributed by atoms with van der Waals surface area (Å²) in [5, 5.41) is 0. The zero-order chi connectivity index (χ0) is 24.4. The molecule has 5 aliphatic carbocycles. The minimum Gasteiger partial charge on any atom is -0.0651 e. The molecule has 0 heteroatoms. The Labute approximate surface area is 220 Å². The van der Waals surface area contributed by atoms with Gasteiger partial charge in [0.05, 0.1) is 0 Å². The average molecular weight is 483 g/mol. The molecule has 0 spiro atoms. The second kappa shape index (κ2) is 11.8. The molecule has 0 aliphatic heterocycles. The number of rotatable bonds is 4. The normalized spacial score (nSPS) is 47.0. The molecule has 10 unspecified atom stereocenters. The van der Waals surface area contributed by atoms with Crippen LogP contribution in [0.15, 0.2) is 0 Å². The molecule has 0 amide bonds. The Balaban J connectivity index is 1.27. The molecule has 0 aromatic rings. The van der Waals surface area contributed by atoms with Crippen LogP contribution >= 0.6 is 0 Å². The third-order valence-corrected chi connectivity index (χ3v) is 13.3. The van der Waals surface area contributed by atoms with Crippen molar-refractivity contribution in [2.24, 2.45) is 64.6 Å². The van der Waals surface area contributed by atoms with Gasteiger partial charge in [0.25, 0.3) is 0 Å². The van der Waals surface area contributed by atoms with Crippen LogP contribution in [0.2, 0.25) is 0 Å². The summed E-state index contributed by atoms with van der Waals surface area (Å²) in [6.45, 7) is 10.2. The third-order valence-electron chi connectivity index (χ3n) is 13.3. The Hall–Kier alpha value is 0. The summed E-state index contributed by atoms with van der Waals surface area (Å²) in [6, 6.07) is 0. The highest BCUT2D eigenvalue weighted by Gasteiger charge is 2.44. The van der Waals surface area contributed by atoms with Crippen LogP contribution in [0.5, 0.6) is 0 Å². The molecular formula is C35H62. The summed E-state index contributed by atoms with van der Waals surface area (Å²) < 4.78 is 0. The molecule has 35 heavy (non-hydrogen) atoms. The van der Waals surface area contributed by atoms with Crippen molar-refractivity contribution in [3.63, 3.8) is 0 Å². The minimum atomic E-state index is 0.582. The van der Waals surface area contributed by atoms with Gasteiger partial charge in [-0.25, -0.2) is 0 Å². The van der Waals surface area contributed by atoms with Crippen molar-refractivity contribution in [1.82, 2.24) is 0 Å². The summed E-state index contributed by atoms with van der Waals surface area (Å²) in [7, 11) is 0. The Morgan fingerprint density at radius 2 is 1.11 bits per heavy atom. The highest BCUT2D eigenvalue weighted by Crippen LogP contribution is 2.55. The third kappa shape index (κ3) is 6.19. The van der Waals surface area contributed by atoms with E-state index in [0.29, 0.717) is 5.41 Å². The zero-order valence-corrected chi connectivity index (χ0v) is 24.4. The van der Waals surface area contributed by atoms with Gasteiger partial charge in [0.1, 0.15) is 0 Å². The standard InChI is InChI=1S/C35H62/c1-5-25-13-18-32(26(6-2)22-25)30-17-15-29(24-30)28-11-9-20-35(3,4)21-19-34-31(23-28)16-14-27-10-7-8-12-33(27)34/h25-34H,5-24H2,1-4H3. The lowest BCUT2D eigenvalue weighted by Crippen LogP contribution is -2.39. The molecule has 0 radical (unpaired) electrons. The van der Waals surface area contributed by atoms with Gasteiger partial charge in [-0.2, -0.15) is 0 Å². The van der Waals surface area contributed by atoms with Crippen LogP contribution < -0.4 is 0 Å². The molecule has 5 aliphatic rings. The monoisotopic (exact) mass is 482 g/mol. The van der Waals surface area contributed by atoms with Crippen molar-refractivity contribution in [2.45, 2.75) is 156 Å². The first-order valence-electron chi connectivity index (χ1n) is 17.0. The first kappa shape index (κ1) is 26.6. The van der Waals surface area contributed by atoms with Crippen LogP contribution in [0.3, 0.4) is 0 Å². The Kier molecular flexibility index (Phi) is 8.97. The lowest BCUT2D eigenvalue weighted by Gasteiger charge is -2.48. The van der Waals surface area contributed by atoms with Gasteiger partial charge < -0.3 is 0 Å². The van der Waals surface area contributed by atoms with E-state index in [1.807, 2.05) is 0 Å². The number of hydrogen-bond donors (Lipinski definition) is 0. The fourth-order valence-corrected chi connectivity index (χ4v) is 11.1. The average Bonchev–Trinajstić information content (AvgIpc) is 3.36. The summed E-state index contributed by atoms with van der Waals surface area (Å²) in [5.74, 6) is 10.8. The van der Waals surface area contributed by atoms with Gasteiger partial charge in [-0.15, -0.1) is 0 Å². The number of fused-ring (bicyclic) bond motifs is 3. The Bertz CT molecular complexity index is 646. The van der Waals surface area contributed by atoms with Crippen molar-refractivity contribution in [1.29, 1.82) is 0 Å². The molecule has 202 valence electrons. The van der Waals surface area contributed by atoms with E-state index in [0.717, 1.165) is 59.2 Å². The first-order valence-corrected chi connectivity index (χ1v) is 17.0. The number of hydrogen-bond acceptors (Lipinski definition) is 0. The molecule has 5 fully saturated rings. The van der Waals surface area contributed by atoms with Gasteiger partial charge in [0, 0.05) is 0 Å². The summed E-state index contributed by atoms with van der Waals surface area (Å²) in [4.78, 5) is 0. The second-order valence-electron chi connectivity index (χ2n) is 15.6. The van der Waals surface area contributed by atoms with E-state index in [1.54, 1.807) is 89.9 Å². The Morgan fingerprint density at radius 3 is 1.89 bits per heavy atom. The van der Waals surface area contributed by atoms with Crippen molar-refractivity contribution in [3.05, 3.63) is 0 Å². The van der Waals surface area contributed by atoms with E-state index < -0.39 is 0 Å². The van der Waals surface area contributed by atoms with Gasteiger partial charge in [0.2, 0.25) is 0 Å². The van der Waals surface area contributed by atoms with E-state index in [2.05, 4.69) is 27.7 Å². The maximum Gasteiger partial charge on any atom is -0.0354 e. The van der Waals surface area contributed by atoms with Crippen LogP contribution in [0.4, 0.5) is 0 Å². The molecule has 0 N–H and O–H groups in total. The molecule has 5 rings (SSSR count). The largest absolute Gasteiger partial charge is 0.0651 e. The van der Waals surface area contributed by atoms with Crippen LogP contribution in [0.25, 0.3) is 0 Å². The molecule has 0 nitrogen and oxygen atoms in total. The van der Waals surface area contributed by atoms with Crippen LogP contribution in [0, 0.1) is 64.6 Å². The van der Waals surface area contributed by atoms with E-state index in [9.17, 15) is 0 Å². The molecule has 0 bridgehead atoms. The summed E-state index contributed by atoms with van der Waals surface area (Å²) >= 11 is 0.